The first kappa shape index (κ1) is 15.3. The van der Waals surface area contributed by atoms with Crippen molar-refractivity contribution in [2.75, 3.05) is 19.0 Å². The topological polar surface area (TPSA) is 66.3 Å². The molecule has 0 radical (unpaired) electrons. The Hall–Kier alpha value is -2.08. The second kappa shape index (κ2) is 6.58. The van der Waals surface area contributed by atoms with Gasteiger partial charge in [0.25, 0.3) is 0 Å². The Bertz CT molecular complexity index is 642. The Balaban J connectivity index is 2.07. The summed E-state index contributed by atoms with van der Waals surface area (Å²) in [6.07, 6.45) is 0. The summed E-state index contributed by atoms with van der Waals surface area (Å²) in [5.74, 6) is 0.675. The number of anilines is 1. The van der Waals surface area contributed by atoms with Gasteiger partial charge in [0.15, 0.2) is 5.16 Å². The van der Waals surface area contributed by atoms with Crippen LogP contribution in [0.15, 0.2) is 35.5 Å². The molecule has 1 N–H and O–H groups in total. The van der Waals surface area contributed by atoms with E-state index in [1.54, 1.807) is 12.1 Å². The number of rotatable bonds is 5. The fourth-order valence-corrected chi connectivity index (χ4v) is 2.57. The van der Waals surface area contributed by atoms with Gasteiger partial charge in [-0.1, -0.05) is 23.9 Å². The normalized spacial score (nSPS) is 10.4. The predicted octanol–water partition coefficient (Wildman–Crippen LogP) is 2.84. The second-order valence-electron chi connectivity index (χ2n) is 4.84. The molecule has 0 amide bonds. The number of aromatic nitrogens is 2. The van der Waals surface area contributed by atoms with E-state index in [2.05, 4.69) is 9.97 Å². The average Bonchev–Trinajstić information content (AvgIpc) is 2.45. The number of aryl methyl sites for hydroxylation is 1. The highest BCUT2D eigenvalue weighted by Gasteiger charge is 2.06. The van der Waals surface area contributed by atoms with Crippen LogP contribution in [0.5, 0.6) is 0 Å². The highest BCUT2D eigenvalue weighted by molar-refractivity contribution is 7.98. The number of aromatic carboxylic acids is 1. The smallest absolute Gasteiger partial charge is 0.335 e. The van der Waals surface area contributed by atoms with Gasteiger partial charge in [0.2, 0.25) is 0 Å². The molecule has 1 aromatic carbocycles. The molecule has 2 rings (SSSR count). The van der Waals surface area contributed by atoms with E-state index >= 15 is 0 Å². The van der Waals surface area contributed by atoms with E-state index in [1.807, 2.05) is 44.1 Å². The molecule has 0 aliphatic carbocycles. The summed E-state index contributed by atoms with van der Waals surface area (Å²) in [7, 11) is 3.89. The van der Waals surface area contributed by atoms with Gasteiger partial charge in [0, 0.05) is 31.6 Å². The summed E-state index contributed by atoms with van der Waals surface area (Å²) in [5, 5.41) is 9.59. The van der Waals surface area contributed by atoms with Gasteiger partial charge in [-0.3, -0.25) is 0 Å². The van der Waals surface area contributed by atoms with Crippen molar-refractivity contribution >= 4 is 23.5 Å². The first-order valence-corrected chi connectivity index (χ1v) is 7.42. The van der Waals surface area contributed by atoms with Crippen LogP contribution in [0.2, 0.25) is 0 Å². The third-order valence-corrected chi connectivity index (χ3v) is 3.77. The van der Waals surface area contributed by atoms with E-state index in [-0.39, 0.29) is 0 Å². The fourth-order valence-electron chi connectivity index (χ4n) is 1.71. The second-order valence-corrected chi connectivity index (χ2v) is 5.78. The fraction of sp³-hybridized carbons (Fsp3) is 0.267. The van der Waals surface area contributed by atoms with Gasteiger partial charge in [-0.05, 0) is 24.6 Å². The molecule has 0 aliphatic heterocycles. The molecular weight excluding hydrogens is 286 g/mol. The van der Waals surface area contributed by atoms with Crippen LogP contribution in [-0.2, 0) is 5.75 Å². The lowest BCUT2D eigenvalue weighted by Gasteiger charge is -2.12. The summed E-state index contributed by atoms with van der Waals surface area (Å²) in [6, 6.07) is 8.80. The predicted molar refractivity (Wildman–Crippen MR) is 84.1 cm³/mol. The van der Waals surface area contributed by atoms with Crippen LogP contribution in [0.25, 0.3) is 0 Å². The van der Waals surface area contributed by atoms with Crippen molar-refractivity contribution in [1.29, 1.82) is 0 Å². The zero-order valence-corrected chi connectivity index (χ0v) is 13.0. The number of hydrogen-bond donors (Lipinski definition) is 1. The van der Waals surface area contributed by atoms with Crippen molar-refractivity contribution in [3.8, 4) is 0 Å². The molecule has 0 atom stereocenters. The van der Waals surface area contributed by atoms with Crippen molar-refractivity contribution in [2.24, 2.45) is 0 Å². The number of hydrogen-bond acceptors (Lipinski definition) is 5. The molecule has 0 aliphatic rings. The molecule has 1 aromatic heterocycles. The Labute approximate surface area is 128 Å². The van der Waals surface area contributed by atoms with Crippen LogP contribution in [0.1, 0.15) is 21.6 Å². The molecule has 1 heterocycles. The number of carboxylic acid groups (broad SMARTS) is 1. The van der Waals surface area contributed by atoms with Crippen molar-refractivity contribution < 1.29 is 9.90 Å². The Morgan fingerprint density at radius 3 is 2.48 bits per heavy atom. The highest BCUT2D eigenvalue weighted by Crippen LogP contribution is 2.22. The van der Waals surface area contributed by atoms with Crippen LogP contribution in [-0.4, -0.2) is 35.1 Å². The maximum Gasteiger partial charge on any atom is 0.335 e. The van der Waals surface area contributed by atoms with E-state index in [9.17, 15) is 4.79 Å². The minimum Gasteiger partial charge on any atom is -0.478 e. The van der Waals surface area contributed by atoms with E-state index in [4.69, 9.17) is 5.11 Å². The zero-order chi connectivity index (χ0) is 15.4. The number of carboxylic acids is 1. The van der Waals surface area contributed by atoms with Crippen LogP contribution >= 0.6 is 11.8 Å². The van der Waals surface area contributed by atoms with Crippen molar-refractivity contribution in [2.45, 2.75) is 17.8 Å². The minimum absolute atomic E-state index is 0.297. The molecule has 110 valence electrons. The lowest BCUT2D eigenvalue weighted by atomic mass is 10.1. The van der Waals surface area contributed by atoms with Gasteiger partial charge in [0.1, 0.15) is 5.82 Å². The number of thioether (sulfide) groups is 1. The van der Waals surface area contributed by atoms with Crippen LogP contribution in [0.4, 0.5) is 5.82 Å². The summed E-state index contributed by atoms with van der Waals surface area (Å²) >= 11 is 1.54. The molecule has 0 unspecified atom stereocenters. The van der Waals surface area contributed by atoms with Gasteiger partial charge >= 0.3 is 5.97 Å². The number of benzene rings is 1. The summed E-state index contributed by atoms with van der Waals surface area (Å²) < 4.78 is 0. The van der Waals surface area contributed by atoms with Crippen molar-refractivity contribution in [1.82, 2.24) is 9.97 Å². The summed E-state index contributed by atoms with van der Waals surface area (Å²) in [6.45, 7) is 1.94. The quantitative estimate of drug-likeness (QED) is 0.677. The maximum atomic E-state index is 10.8. The standard InChI is InChI=1S/C15H17N3O2S/c1-10-8-13(18(2)3)17-15(16-10)21-9-11-4-6-12(7-5-11)14(19)20/h4-8H,9H2,1-3H3,(H,19,20). The number of carbonyl (C=O) groups is 1. The molecular formula is C15H17N3O2S. The monoisotopic (exact) mass is 303 g/mol. The van der Waals surface area contributed by atoms with Crippen LogP contribution in [0.3, 0.4) is 0 Å². The third kappa shape index (κ3) is 4.19. The maximum absolute atomic E-state index is 10.8. The largest absolute Gasteiger partial charge is 0.478 e. The van der Waals surface area contributed by atoms with Gasteiger partial charge < -0.3 is 10.0 Å². The van der Waals surface area contributed by atoms with Crippen LogP contribution < -0.4 is 4.90 Å². The first-order chi connectivity index (χ1) is 9.95. The SMILES string of the molecule is Cc1cc(N(C)C)nc(SCc2ccc(C(=O)O)cc2)n1. The lowest BCUT2D eigenvalue weighted by Crippen LogP contribution is -2.11. The molecule has 0 saturated heterocycles. The Kier molecular flexibility index (Phi) is 4.80. The highest BCUT2D eigenvalue weighted by atomic mass is 32.2. The van der Waals surface area contributed by atoms with Crippen molar-refractivity contribution in [3.05, 3.63) is 47.2 Å². The number of nitrogens with zero attached hydrogens (tertiary/aromatic N) is 3. The van der Waals surface area contributed by atoms with Gasteiger partial charge in [-0.25, -0.2) is 14.8 Å². The first-order valence-electron chi connectivity index (χ1n) is 6.44. The average molecular weight is 303 g/mol. The molecule has 2 aromatic rings. The molecule has 0 spiro atoms. The summed E-state index contributed by atoms with van der Waals surface area (Å²) in [5.41, 5.74) is 2.27. The summed E-state index contributed by atoms with van der Waals surface area (Å²) in [4.78, 5) is 21.6. The van der Waals surface area contributed by atoms with E-state index in [0.717, 1.165) is 22.2 Å². The third-order valence-electron chi connectivity index (χ3n) is 2.85. The molecule has 6 heteroatoms. The zero-order valence-electron chi connectivity index (χ0n) is 12.2. The van der Waals surface area contributed by atoms with Gasteiger partial charge in [-0.2, -0.15) is 0 Å². The van der Waals surface area contributed by atoms with E-state index < -0.39 is 5.97 Å². The van der Waals surface area contributed by atoms with E-state index in [1.165, 1.54) is 11.8 Å². The Morgan fingerprint density at radius 2 is 1.90 bits per heavy atom. The Morgan fingerprint density at radius 1 is 1.24 bits per heavy atom. The lowest BCUT2D eigenvalue weighted by molar-refractivity contribution is 0.0697. The van der Waals surface area contributed by atoms with E-state index in [0.29, 0.717) is 11.3 Å². The van der Waals surface area contributed by atoms with Crippen molar-refractivity contribution in [3.63, 3.8) is 0 Å². The van der Waals surface area contributed by atoms with Gasteiger partial charge in [-0.15, -0.1) is 0 Å². The molecule has 0 fully saturated rings. The molecule has 21 heavy (non-hydrogen) atoms. The minimum atomic E-state index is -0.910. The molecule has 0 bridgehead atoms. The molecule has 5 nitrogen and oxygen atoms in total. The van der Waals surface area contributed by atoms with Crippen LogP contribution in [0, 0.1) is 6.92 Å². The molecule has 0 saturated carbocycles. The van der Waals surface area contributed by atoms with Gasteiger partial charge in [0.05, 0.1) is 5.56 Å².